The molecule has 0 fully saturated rings. The highest BCUT2D eigenvalue weighted by Gasteiger charge is 2.16. The van der Waals surface area contributed by atoms with Crippen LogP contribution in [0.2, 0.25) is 0 Å². The molecule has 0 aliphatic rings. The summed E-state index contributed by atoms with van der Waals surface area (Å²) >= 11 is 0. The highest BCUT2D eigenvalue weighted by Crippen LogP contribution is 2.38. The Morgan fingerprint density at radius 3 is 2.42 bits per heavy atom. The number of aromatic nitrogens is 1. The Kier molecular flexibility index (Phi) is 9.13. The van der Waals surface area contributed by atoms with Gasteiger partial charge in [-0.25, -0.2) is 4.98 Å². The largest absolute Gasteiger partial charge is 0.497 e. The second-order valence-electron chi connectivity index (χ2n) is 8.27. The predicted molar refractivity (Wildman–Crippen MR) is 144 cm³/mol. The number of benzene rings is 2. The molecule has 1 amide bonds. The van der Waals surface area contributed by atoms with Gasteiger partial charge >= 0.3 is 0 Å². The number of ether oxygens (including phenoxy) is 3. The van der Waals surface area contributed by atoms with Crippen LogP contribution in [0.3, 0.4) is 0 Å². The maximum absolute atomic E-state index is 12.2. The SMILES string of the molecule is C=CC(=O)Nc1cc(Nc2cc(Oc3cccc(OC)c3)ccn2)c(OC)cc1N(C)CCN(C)C. The summed E-state index contributed by atoms with van der Waals surface area (Å²) in [4.78, 5) is 20.7. The molecular formula is C27H33N5O4. The standard InChI is InChI=1S/C27H33N5O4/c1-7-27(33)30-22-17-23(25(35-6)18-24(22)32(4)14-13-31(2)3)29-26-16-21(11-12-28-26)36-20-10-8-9-19(15-20)34-5/h7-12,15-18H,1,13-14H2,2-6H3,(H,28,29)(H,30,33). The number of carbonyl (C=O) groups excluding carboxylic acids is 1. The van der Waals surface area contributed by atoms with Gasteiger partial charge in [-0.2, -0.15) is 0 Å². The van der Waals surface area contributed by atoms with E-state index < -0.39 is 0 Å². The van der Waals surface area contributed by atoms with Crippen LogP contribution in [0.5, 0.6) is 23.0 Å². The molecule has 1 heterocycles. The van der Waals surface area contributed by atoms with Crippen molar-refractivity contribution in [2.45, 2.75) is 0 Å². The molecule has 9 nitrogen and oxygen atoms in total. The fourth-order valence-electron chi connectivity index (χ4n) is 3.39. The van der Waals surface area contributed by atoms with Gasteiger partial charge in [0.2, 0.25) is 5.91 Å². The van der Waals surface area contributed by atoms with Crippen LogP contribution in [0.1, 0.15) is 0 Å². The van der Waals surface area contributed by atoms with Crippen LogP contribution in [0.25, 0.3) is 0 Å². The normalized spacial score (nSPS) is 10.5. The van der Waals surface area contributed by atoms with Crippen LogP contribution in [0, 0.1) is 0 Å². The molecule has 0 bridgehead atoms. The van der Waals surface area contributed by atoms with E-state index in [0.717, 1.165) is 18.8 Å². The van der Waals surface area contributed by atoms with Crippen molar-refractivity contribution in [2.24, 2.45) is 0 Å². The highest BCUT2D eigenvalue weighted by atomic mass is 16.5. The zero-order valence-corrected chi connectivity index (χ0v) is 21.4. The van der Waals surface area contributed by atoms with Crippen molar-refractivity contribution in [1.82, 2.24) is 9.88 Å². The van der Waals surface area contributed by atoms with E-state index in [1.165, 1.54) is 6.08 Å². The monoisotopic (exact) mass is 491 g/mol. The summed E-state index contributed by atoms with van der Waals surface area (Å²) in [5.74, 6) is 2.78. The highest BCUT2D eigenvalue weighted by molar-refractivity contribution is 6.02. The lowest BCUT2D eigenvalue weighted by atomic mass is 10.2. The minimum Gasteiger partial charge on any atom is -0.497 e. The molecule has 0 radical (unpaired) electrons. The zero-order chi connectivity index (χ0) is 26.1. The van der Waals surface area contributed by atoms with Crippen molar-refractivity contribution in [1.29, 1.82) is 0 Å². The van der Waals surface area contributed by atoms with E-state index >= 15 is 0 Å². The number of anilines is 4. The zero-order valence-electron chi connectivity index (χ0n) is 21.4. The van der Waals surface area contributed by atoms with Gasteiger partial charge in [-0.05, 0) is 44.4 Å². The Morgan fingerprint density at radius 1 is 0.972 bits per heavy atom. The van der Waals surface area contributed by atoms with Crippen LogP contribution < -0.4 is 29.7 Å². The molecule has 2 aromatic carbocycles. The predicted octanol–water partition coefficient (Wildman–Crippen LogP) is 4.76. The number of hydrogen-bond acceptors (Lipinski definition) is 8. The van der Waals surface area contributed by atoms with Crippen LogP contribution in [0.15, 0.2) is 67.4 Å². The fourth-order valence-corrected chi connectivity index (χ4v) is 3.39. The Bertz CT molecular complexity index is 1200. The van der Waals surface area contributed by atoms with Crippen LogP contribution in [-0.2, 0) is 4.79 Å². The van der Waals surface area contributed by atoms with E-state index in [-0.39, 0.29) is 5.91 Å². The van der Waals surface area contributed by atoms with Gasteiger partial charge in [-0.1, -0.05) is 12.6 Å². The van der Waals surface area contributed by atoms with E-state index in [4.69, 9.17) is 14.2 Å². The van der Waals surface area contributed by atoms with E-state index in [1.807, 2.05) is 51.5 Å². The molecule has 190 valence electrons. The molecule has 0 saturated heterocycles. The lowest BCUT2D eigenvalue weighted by molar-refractivity contribution is -0.111. The second-order valence-corrected chi connectivity index (χ2v) is 8.27. The van der Waals surface area contributed by atoms with Gasteiger partial charge in [0, 0.05) is 44.5 Å². The first-order valence-corrected chi connectivity index (χ1v) is 11.4. The van der Waals surface area contributed by atoms with Crippen molar-refractivity contribution in [3.8, 4) is 23.0 Å². The first kappa shape index (κ1) is 26.4. The van der Waals surface area contributed by atoms with Gasteiger partial charge in [0.15, 0.2) is 0 Å². The molecule has 3 rings (SSSR count). The van der Waals surface area contributed by atoms with E-state index in [0.29, 0.717) is 40.2 Å². The quantitative estimate of drug-likeness (QED) is 0.351. The Balaban J connectivity index is 1.90. The maximum Gasteiger partial charge on any atom is 0.247 e. The number of likely N-dealkylation sites (N-methyl/N-ethyl adjacent to an activating group) is 2. The third kappa shape index (κ3) is 7.13. The lowest BCUT2D eigenvalue weighted by Crippen LogP contribution is -2.29. The Labute approximate surface area is 212 Å². The number of nitrogens with one attached hydrogen (secondary N) is 2. The van der Waals surface area contributed by atoms with Gasteiger partial charge in [0.25, 0.3) is 0 Å². The summed E-state index contributed by atoms with van der Waals surface area (Å²) in [6.45, 7) is 5.17. The number of nitrogens with zero attached hydrogens (tertiary/aromatic N) is 3. The molecule has 0 atom stereocenters. The molecule has 0 aliphatic carbocycles. The Morgan fingerprint density at radius 2 is 1.72 bits per heavy atom. The number of pyridine rings is 1. The van der Waals surface area contributed by atoms with Crippen molar-refractivity contribution < 1.29 is 19.0 Å². The summed E-state index contributed by atoms with van der Waals surface area (Å²) in [7, 11) is 9.21. The van der Waals surface area contributed by atoms with Gasteiger partial charge in [0.05, 0.1) is 31.3 Å². The van der Waals surface area contributed by atoms with Gasteiger partial charge in [0.1, 0.15) is 28.8 Å². The molecule has 0 unspecified atom stereocenters. The number of carbonyl (C=O) groups is 1. The first-order chi connectivity index (χ1) is 17.3. The molecule has 1 aromatic heterocycles. The summed E-state index contributed by atoms with van der Waals surface area (Å²) in [5, 5.41) is 6.17. The average Bonchev–Trinajstić information content (AvgIpc) is 2.87. The molecule has 36 heavy (non-hydrogen) atoms. The van der Waals surface area contributed by atoms with Crippen LogP contribution in [0.4, 0.5) is 22.9 Å². The van der Waals surface area contributed by atoms with Crippen molar-refractivity contribution in [2.75, 3.05) is 64.0 Å². The third-order valence-electron chi connectivity index (χ3n) is 5.33. The summed E-state index contributed by atoms with van der Waals surface area (Å²) < 4.78 is 16.9. The van der Waals surface area contributed by atoms with E-state index in [2.05, 4.69) is 32.0 Å². The van der Waals surface area contributed by atoms with Crippen molar-refractivity contribution in [3.63, 3.8) is 0 Å². The smallest absolute Gasteiger partial charge is 0.247 e. The minimum absolute atomic E-state index is 0.305. The van der Waals surface area contributed by atoms with E-state index in [1.54, 1.807) is 38.6 Å². The van der Waals surface area contributed by atoms with Gasteiger partial charge in [-0.3, -0.25) is 4.79 Å². The Hall–Kier alpha value is -4.24. The minimum atomic E-state index is -0.305. The van der Waals surface area contributed by atoms with Gasteiger partial charge in [-0.15, -0.1) is 0 Å². The van der Waals surface area contributed by atoms with E-state index in [9.17, 15) is 4.79 Å². The summed E-state index contributed by atoms with van der Waals surface area (Å²) in [6, 6.07) is 14.6. The lowest BCUT2D eigenvalue weighted by Gasteiger charge is -2.26. The number of rotatable bonds is 12. The van der Waals surface area contributed by atoms with Crippen LogP contribution >= 0.6 is 0 Å². The third-order valence-corrected chi connectivity index (χ3v) is 5.33. The topological polar surface area (TPSA) is 88.2 Å². The molecular weight excluding hydrogens is 458 g/mol. The second kappa shape index (κ2) is 12.5. The molecule has 0 aliphatic heterocycles. The fraction of sp³-hybridized carbons (Fsp3) is 0.259. The molecule has 9 heteroatoms. The maximum atomic E-state index is 12.2. The number of hydrogen-bond donors (Lipinski definition) is 2. The summed E-state index contributed by atoms with van der Waals surface area (Å²) in [6.07, 6.45) is 2.88. The first-order valence-electron chi connectivity index (χ1n) is 11.4. The molecule has 0 saturated carbocycles. The van der Waals surface area contributed by atoms with Crippen molar-refractivity contribution >= 4 is 28.8 Å². The average molecular weight is 492 g/mol. The van der Waals surface area contributed by atoms with Gasteiger partial charge < -0.3 is 34.6 Å². The van der Waals surface area contributed by atoms with Crippen LogP contribution in [-0.4, -0.2) is 64.2 Å². The van der Waals surface area contributed by atoms with Crippen molar-refractivity contribution in [3.05, 3.63) is 67.4 Å². The number of amides is 1. The summed E-state index contributed by atoms with van der Waals surface area (Å²) in [5.41, 5.74) is 2.07. The number of methoxy groups -OCH3 is 2. The molecule has 2 N–H and O–H groups in total. The molecule has 3 aromatic rings. The molecule has 0 spiro atoms.